The highest BCUT2D eigenvalue weighted by Gasteiger charge is 2.22. The molecule has 2 heterocycles. The lowest BCUT2D eigenvalue weighted by Crippen LogP contribution is -2.38. The number of hydrogen-bond donors (Lipinski definition) is 1. The lowest BCUT2D eigenvalue weighted by molar-refractivity contribution is 0.178. The molecule has 0 spiro atoms. The van der Waals surface area contributed by atoms with Crippen LogP contribution in [0.25, 0.3) is 11.1 Å². The molecule has 0 unspecified atom stereocenters. The van der Waals surface area contributed by atoms with Gasteiger partial charge in [-0.1, -0.05) is 30.3 Å². The number of aromatic nitrogens is 1. The molecule has 1 aromatic heterocycles. The number of piperidine rings is 1. The first kappa shape index (κ1) is 19.9. The van der Waals surface area contributed by atoms with E-state index in [1.807, 2.05) is 6.07 Å². The Hall–Kier alpha value is -2.42. The number of aryl methyl sites for hydroxylation is 1. The fourth-order valence-corrected chi connectivity index (χ4v) is 4.91. The van der Waals surface area contributed by atoms with Gasteiger partial charge in [0.2, 0.25) is 10.0 Å². The standard InChI is InChI=1S/C21H25N3O4S/c1-23-19-13-18(7-8-20(19)28-21(23)25)29(26,27)22-14-16-9-11-24(12-10-16)15-17-5-3-2-4-6-17/h2-8,13,16,22H,9-12,14-15H2,1H3. The van der Waals surface area contributed by atoms with Crippen molar-refractivity contribution in [1.29, 1.82) is 0 Å². The molecule has 1 aliphatic heterocycles. The highest BCUT2D eigenvalue weighted by Crippen LogP contribution is 2.21. The van der Waals surface area contributed by atoms with Gasteiger partial charge in [0.1, 0.15) is 0 Å². The summed E-state index contributed by atoms with van der Waals surface area (Å²) in [5, 5.41) is 0. The maximum absolute atomic E-state index is 12.7. The molecule has 154 valence electrons. The number of oxazole rings is 1. The van der Waals surface area contributed by atoms with Crippen LogP contribution in [0.1, 0.15) is 18.4 Å². The monoisotopic (exact) mass is 415 g/mol. The van der Waals surface area contributed by atoms with Crippen molar-refractivity contribution in [2.24, 2.45) is 13.0 Å². The Kier molecular flexibility index (Phi) is 5.58. The average Bonchev–Trinajstić information content (AvgIpc) is 3.02. The molecule has 0 radical (unpaired) electrons. The van der Waals surface area contributed by atoms with Gasteiger partial charge in [0.05, 0.1) is 10.4 Å². The number of fused-ring (bicyclic) bond motifs is 1. The van der Waals surface area contributed by atoms with Crippen LogP contribution in [0.2, 0.25) is 0 Å². The molecule has 1 N–H and O–H groups in total. The Labute approximate surface area is 170 Å². The van der Waals surface area contributed by atoms with Gasteiger partial charge in [-0.15, -0.1) is 0 Å². The van der Waals surface area contributed by atoms with Gasteiger partial charge in [0.15, 0.2) is 5.58 Å². The normalized spacial score (nSPS) is 16.4. The van der Waals surface area contributed by atoms with Crippen LogP contribution in [-0.4, -0.2) is 37.5 Å². The summed E-state index contributed by atoms with van der Waals surface area (Å²) in [6.07, 6.45) is 1.93. The number of hydrogen-bond acceptors (Lipinski definition) is 5. The molecule has 3 aromatic rings. The Morgan fingerprint density at radius 3 is 2.55 bits per heavy atom. The van der Waals surface area contributed by atoms with E-state index >= 15 is 0 Å². The second-order valence-corrected chi connectivity index (χ2v) is 9.38. The molecular weight excluding hydrogens is 390 g/mol. The first-order valence-electron chi connectivity index (χ1n) is 9.78. The number of benzene rings is 2. The molecule has 7 nitrogen and oxygen atoms in total. The summed E-state index contributed by atoms with van der Waals surface area (Å²) in [5.41, 5.74) is 2.14. The first-order chi connectivity index (χ1) is 13.9. The van der Waals surface area contributed by atoms with Crippen molar-refractivity contribution in [2.75, 3.05) is 19.6 Å². The van der Waals surface area contributed by atoms with E-state index in [1.54, 1.807) is 7.05 Å². The molecule has 0 aliphatic carbocycles. The van der Waals surface area contributed by atoms with Gasteiger partial charge in [-0.25, -0.2) is 17.9 Å². The smallest absolute Gasteiger partial charge is 0.408 e. The zero-order valence-electron chi connectivity index (χ0n) is 16.4. The van der Waals surface area contributed by atoms with Crippen molar-refractivity contribution in [3.63, 3.8) is 0 Å². The minimum absolute atomic E-state index is 0.142. The van der Waals surface area contributed by atoms with Crippen molar-refractivity contribution >= 4 is 21.1 Å². The summed E-state index contributed by atoms with van der Waals surface area (Å²) in [6.45, 7) is 3.28. The number of likely N-dealkylation sites (tertiary alicyclic amines) is 1. The summed E-state index contributed by atoms with van der Waals surface area (Å²) in [4.78, 5) is 14.2. The average molecular weight is 416 g/mol. The molecule has 1 fully saturated rings. The number of rotatable bonds is 6. The first-order valence-corrected chi connectivity index (χ1v) is 11.3. The van der Waals surface area contributed by atoms with Crippen molar-refractivity contribution in [2.45, 2.75) is 24.3 Å². The number of sulfonamides is 1. The molecule has 0 amide bonds. The SMILES string of the molecule is Cn1c(=O)oc2ccc(S(=O)(=O)NCC3CCN(Cc4ccccc4)CC3)cc21. The number of nitrogens with zero attached hydrogens (tertiary/aromatic N) is 2. The van der Waals surface area contributed by atoms with E-state index in [-0.39, 0.29) is 4.90 Å². The van der Waals surface area contributed by atoms with Crippen molar-refractivity contribution in [3.8, 4) is 0 Å². The third-order valence-electron chi connectivity index (χ3n) is 5.59. The van der Waals surface area contributed by atoms with E-state index in [0.29, 0.717) is 23.6 Å². The van der Waals surface area contributed by atoms with Gasteiger partial charge in [-0.3, -0.25) is 9.47 Å². The lowest BCUT2D eigenvalue weighted by Gasteiger charge is -2.32. The number of nitrogens with one attached hydrogen (secondary N) is 1. The van der Waals surface area contributed by atoms with E-state index in [9.17, 15) is 13.2 Å². The Balaban J connectivity index is 1.34. The minimum atomic E-state index is -3.64. The van der Waals surface area contributed by atoms with E-state index < -0.39 is 15.8 Å². The van der Waals surface area contributed by atoms with Crippen LogP contribution in [0.15, 0.2) is 62.6 Å². The topological polar surface area (TPSA) is 84.5 Å². The molecule has 0 bridgehead atoms. The lowest BCUT2D eigenvalue weighted by atomic mass is 9.97. The van der Waals surface area contributed by atoms with Gasteiger partial charge >= 0.3 is 5.76 Å². The van der Waals surface area contributed by atoms with Gasteiger partial charge in [-0.05, 0) is 55.6 Å². The van der Waals surface area contributed by atoms with Crippen molar-refractivity contribution in [1.82, 2.24) is 14.2 Å². The molecule has 0 saturated carbocycles. The van der Waals surface area contributed by atoms with Crippen LogP contribution >= 0.6 is 0 Å². The molecule has 2 aromatic carbocycles. The Morgan fingerprint density at radius 1 is 1.10 bits per heavy atom. The minimum Gasteiger partial charge on any atom is -0.408 e. The van der Waals surface area contributed by atoms with Crippen LogP contribution in [-0.2, 0) is 23.6 Å². The summed E-state index contributed by atoms with van der Waals surface area (Å²) in [7, 11) is -2.08. The predicted octanol–water partition coefficient (Wildman–Crippen LogP) is 2.32. The maximum atomic E-state index is 12.7. The third-order valence-corrected chi connectivity index (χ3v) is 7.01. The van der Waals surface area contributed by atoms with Crippen LogP contribution < -0.4 is 10.5 Å². The highest BCUT2D eigenvalue weighted by molar-refractivity contribution is 7.89. The summed E-state index contributed by atoms with van der Waals surface area (Å²) >= 11 is 0. The molecule has 1 saturated heterocycles. The fraction of sp³-hybridized carbons (Fsp3) is 0.381. The van der Waals surface area contributed by atoms with E-state index in [0.717, 1.165) is 32.5 Å². The second-order valence-electron chi connectivity index (χ2n) is 7.61. The van der Waals surface area contributed by atoms with E-state index in [4.69, 9.17) is 4.42 Å². The van der Waals surface area contributed by atoms with Gasteiger partial charge < -0.3 is 4.42 Å². The molecule has 4 rings (SSSR count). The van der Waals surface area contributed by atoms with Crippen LogP contribution in [0, 0.1) is 5.92 Å². The fourth-order valence-electron chi connectivity index (χ4n) is 3.77. The largest absolute Gasteiger partial charge is 0.419 e. The molecule has 1 aliphatic rings. The van der Waals surface area contributed by atoms with Crippen LogP contribution in [0.4, 0.5) is 0 Å². The quantitative estimate of drug-likeness (QED) is 0.668. The van der Waals surface area contributed by atoms with Gasteiger partial charge in [0.25, 0.3) is 0 Å². The molecule has 8 heteroatoms. The maximum Gasteiger partial charge on any atom is 0.419 e. The Morgan fingerprint density at radius 2 is 1.83 bits per heavy atom. The predicted molar refractivity (Wildman–Crippen MR) is 111 cm³/mol. The van der Waals surface area contributed by atoms with E-state index in [1.165, 1.54) is 28.3 Å². The van der Waals surface area contributed by atoms with Crippen molar-refractivity contribution < 1.29 is 12.8 Å². The summed E-state index contributed by atoms with van der Waals surface area (Å²) in [5.74, 6) is -0.191. The molecule has 0 atom stereocenters. The van der Waals surface area contributed by atoms with Gasteiger partial charge in [-0.2, -0.15) is 0 Å². The van der Waals surface area contributed by atoms with E-state index in [2.05, 4.69) is 33.9 Å². The highest BCUT2D eigenvalue weighted by atomic mass is 32.2. The zero-order valence-corrected chi connectivity index (χ0v) is 17.2. The van der Waals surface area contributed by atoms with Crippen LogP contribution in [0.5, 0.6) is 0 Å². The van der Waals surface area contributed by atoms with Gasteiger partial charge in [0, 0.05) is 20.1 Å². The summed E-state index contributed by atoms with van der Waals surface area (Å²) in [6, 6.07) is 14.9. The third kappa shape index (κ3) is 4.44. The molecular formula is C21H25N3O4S. The summed E-state index contributed by atoms with van der Waals surface area (Å²) < 4.78 is 34.5. The van der Waals surface area contributed by atoms with Crippen molar-refractivity contribution in [3.05, 3.63) is 64.6 Å². The van der Waals surface area contributed by atoms with Crippen LogP contribution in [0.3, 0.4) is 0 Å². The molecule has 29 heavy (non-hydrogen) atoms. The second kappa shape index (κ2) is 8.14. The zero-order chi connectivity index (χ0) is 20.4. The Bertz CT molecular complexity index is 1140.